The molecule has 2 rings (SSSR count). The summed E-state index contributed by atoms with van der Waals surface area (Å²) in [7, 11) is 1.94. The molecule has 2 amide bonds. The molecule has 0 saturated carbocycles. The van der Waals surface area contributed by atoms with Crippen LogP contribution < -0.4 is 20.9 Å². The van der Waals surface area contributed by atoms with Gasteiger partial charge in [0.15, 0.2) is 5.82 Å². The van der Waals surface area contributed by atoms with Gasteiger partial charge in [-0.3, -0.25) is 9.59 Å². The summed E-state index contributed by atoms with van der Waals surface area (Å²) in [6.45, 7) is 4.95. The monoisotopic (exact) mass is 377 g/mol. The predicted octanol–water partition coefficient (Wildman–Crippen LogP) is 0.807. The number of likely N-dealkylation sites (N-methyl/N-ethyl adjacent to an activating group) is 1. The summed E-state index contributed by atoms with van der Waals surface area (Å²) in [6, 6.07) is 3.05. The highest BCUT2D eigenvalue weighted by Gasteiger charge is 2.26. The molecular formula is C15H25Cl2N5O2. The lowest BCUT2D eigenvalue weighted by Gasteiger charge is -2.34. The summed E-state index contributed by atoms with van der Waals surface area (Å²) in [5.41, 5.74) is 6.53. The van der Waals surface area contributed by atoms with Gasteiger partial charge in [0.1, 0.15) is 0 Å². The lowest BCUT2D eigenvalue weighted by atomic mass is 10.1. The van der Waals surface area contributed by atoms with Crippen LogP contribution in [0.15, 0.2) is 18.3 Å². The SMILES string of the molecule is CC(C)[C@H](N)C(=O)NCC(=O)N1CCN(C)c2ncccc21.Cl.Cl. The van der Waals surface area contributed by atoms with Gasteiger partial charge in [-0.25, -0.2) is 4.98 Å². The van der Waals surface area contributed by atoms with E-state index >= 15 is 0 Å². The van der Waals surface area contributed by atoms with Gasteiger partial charge in [-0.15, -0.1) is 24.8 Å². The van der Waals surface area contributed by atoms with E-state index in [2.05, 4.69) is 10.3 Å². The number of halogens is 2. The molecule has 3 N–H and O–H groups in total. The van der Waals surface area contributed by atoms with Gasteiger partial charge in [-0.1, -0.05) is 13.8 Å². The Balaban J connectivity index is 0.00000264. The number of anilines is 2. The first kappa shape index (κ1) is 22.4. The fraction of sp³-hybridized carbons (Fsp3) is 0.533. The van der Waals surface area contributed by atoms with Crippen LogP contribution >= 0.6 is 24.8 Å². The summed E-state index contributed by atoms with van der Waals surface area (Å²) < 4.78 is 0. The number of carbonyl (C=O) groups excluding carboxylic acids is 2. The van der Waals surface area contributed by atoms with Gasteiger partial charge in [-0.2, -0.15) is 0 Å². The van der Waals surface area contributed by atoms with Crippen LogP contribution in [0.25, 0.3) is 0 Å². The highest BCUT2D eigenvalue weighted by molar-refractivity contribution is 6.00. The Morgan fingerprint density at radius 1 is 1.33 bits per heavy atom. The standard InChI is InChI=1S/C15H23N5O2.2ClH/c1-10(2)13(16)15(22)18-9-12(21)20-8-7-19(3)14-11(20)5-4-6-17-14;;/h4-6,10,13H,7-9,16H2,1-3H3,(H,18,22);2*1H/t13-;;/m0../s1. The number of nitrogens with zero attached hydrogens (tertiary/aromatic N) is 3. The van der Waals surface area contributed by atoms with Crippen molar-refractivity contribution in [3.63, 3.8) is 0 Å². The van der Waals surface area contributed by atoms with Crippen molar-refractivity contribution in [1.82, 2.24) is 10.3 Å². The highest BCUT2D eigenvalue weighted by Crippen LogP contribution is 2.29. The van der Waals surface area contributed by atoms with Gasteiger partial charge in [-0.05, 0) is 18.1 Å². The van der Waals surface area contributed by atoms with Gasteiger partial charge >= 0.3 is 0 Å². The second-order valence-electron chi connectivity index (χ2n) is 5.80. The molecule has 0 fully saturated rings. The molecule has 0 aromatic carbocycles. The van der Waals surface area contributed by atoms with Crippen LogP contribution in [0.4, 0.5) is 11.5 Å². The molecule has 0 radical (unpaired) electrons. The molecule has 24 heavy (non-hydrogen) atoms. The fourth-order valence-electron chi connectivity index (χ4n) is 2.31. The van der Waals surface area contributed by atoms with Crippen molar-refractivity contribution in [2.75, 3.05) is 36.5 Å². The van der Waals surface area contributed by atoms with Gasteiger partial charge in [0, 0.05) is 26.3 Å². The van der Waals surface area contributed by atoms with Crippen molar-refractivity contribution in [3.8, 4) is 0 Å². The molecule has 1 atom stereocenters. The largest absolute Gasteiger partial charge is 0.356 e. The van der Waals surface area contributed by atoms with Crippen molar-refractivity contribution in [1.29, 1.82) is 0 Å². The molecule has 0 spiro atoms. The fourth-order valence-corrected chi connectivity index (χ4v) is 2.31. The molecule has 2 heterocycles. The normalized spacial score (nSPS) is 14.2. The average molecular weight is 378 g/mol. The minimum absolute atomic E-state index is 0. The van der Waals surface area contributed by atoms with Crippen LogP contribution in [0, 0.1) is 5.92 Å². The van der Waals surface area contributed by atoms with E-state index in [-0.39, 0.29) is 49.1 Å². The van der Waals surface area contributed by atoms with Gasteiger partial charge < -0.3 is 20.9 Å². The van der Waals surface area contributed by atoms with E-state index in [1.54, 1.807) is 17.2 Å². The Labute approximate surface area is 154 Å². The van der Waals surface area contributed by atoms with Crippen LogP contribution in [-0.2, 0) is 9.59 Å². The number of aromatic nitrogens is 1. The van der Waals surface area contributed by atoms with Crippen molar-refractivity contribution >= 4 is 48.1 Å². The molecule has 9 heteroatoms. The van der Waals surface area contributed by atoms with E-state index in [0.717, 1.165) is 11.5 Å². The molecule has 1 aromatic rings. The molecule has 0 aliphatic carbocycles. The number of hydrogen-bond acceptors (Lipinski definition) is 5. The quantitative estimate of drug-likeness (QED) is 0.809. The first-order chi connectivity index (χ1) is 10.4. The number of rotatable bonds is 4. The Morgan fingerprint density at radius 2 is 2.00 bits per heavy atom. The number of hydrogen-bond donors (Lipinski definition) is 2. The van der Waals surface area contributed by atoms with Crippen LogP contribution in [0.1, 0.15) is 13.8 Å². The first-order valence-electron chi connectivity index (χ1n) is 7.41. The maximum Gasteiger partial charge on any atom is 0.246 e. The lowest BCUT2D eigenvalue weighted by molar-refractivity contribution is -0.126. The Bertz CT molecular complexity index is 571. The van der Waals surface area contributed by atoms with E-state index in [0.29, 0.717) is 13.1 Å². The Morgan fingerprint density at radius 3 is 2.62 bits per heavy atom. The number of amides is 2. The zero-order chi connectivity index (χ0) is 16.3. The number of fused-ring (bicyclic) bond motifs is 1. The second-order valence-corrected chi connectivity index (χ2v) is 5.80. The summed E-state index contributed by atoms with van der Waals surface area (Å²) in [4.78, 5) is 32.2. The van der Waals surface area contributed by atoms with Crippen LogP contribution in [-0.4, -0.2) is 49.5 Å². The summed E-state index contributed by atoms with van der Waals surface area (Å²) in [5, 5.41) is 2.61. The van der Waals surface area contributed by atoms with Crippen molar-refractivity contribution in [2.45, 2.75) is 19.9 Å². The van der Waals surface area contributed by atoms with Crippen LogP contribution in [0.3, 0.4) is 0 Å². The molecule has 136 valence electrons. The zero-order valence-corrected chi connectivity index (χ0v) is 15.7. The van der Waals surface area contributed by atoms with Crippen molar-refractivity contribution < 1.29 is 9.59 Å². The predicted molar refractivity (Wildman–Crippen MR) is 100 cm³/mol. The third-order valence-corrected chi connectivity index (χ3v) is 3.81. The minimum atomic E-state index is -0.603. The number of carbonyl (C=O) groups is 2. The van der Waals surface area contributed by atoms with Gasteiger partial charge in [0.25, 0.3) is 0 Å². The molecule has 0 saturated heterocycles. The van der Waals surface area contributed by atoms with Gasteiger partial charge in [0.2, 0.25) is 11.8 Å². The first-order valence-corrected chi connectivity index (χ1v) is 7.41. The summed E-state index contributed by atoms with van der Waals surface area (Å²) in [5.74, 6) is 0.339. The molecule has 1 aliphatic heterocycles. The molecule has 1 aliphatic rings. The van der Waals surface area contributed by atoms with E-state index < -0.39 is 6.04 Å². The topological polar surface area (TPSA) is 91.6 Å². The molecule has 0 bridgehead atoms. The second kappa shape index (κ2) is 9.66. The van der Waals surface area contributed by atoms with Crippen LogP contribution in [0.5, 0.6) is 0 Å². The molecular weight excluding hydrogens is 353 g/mol. The van der Waals surface area contributed by atoms with Crippen LogP contribution in [0.2, 0.25) is 0 Å². The third kappa shape index (κ3) is 4.96. The number of nitrogens with two attached hydrogens (primary N) is 1. The lowest BCUT2D eigenvalue weighted by Crippen LogP contribution is -2.50. The summed E-state index contributed by atoms with van der Waals surface area (Å²) in [6.07, 6.45) is 1.70. The highest BCUT2D eigenvalue weighted by atomic mass is 35.5. The number of nitrogens with one attached hydrogen (secondary N) is 1. The van der Waals surface area contributed by atoms with E-state index in [4.69, 9.17) is 5.73 Å². The van der Waals surface area contributed by atoms with E-state index in [1.807, 2.05) is 31.9 Å². The number of pyridine rings is 1. The third-order valence-electron chi connectivity index (χ3n) is 3.81. The summed E-state index contributed by atoms with van der Waals surface area (Å²) >= 11 is 0. The van der Waals surface area contributed by atoms with Crippen molar-refractivity contribution in [2.24, 2.45) is 11.7 Å². The zero-order valence-electron chi connectivity index (χ0n) is 14.1. The average Bonchev–Trinajstić information content (AvgIpc) is 2.52. The van der Waals surface area contributed by atoms with Crippen molar-refractivity contribution in [3.05, 3.63) is 18.3 Å². The van der Waals surface area contributed by atoms with Gasteiger partial charge in [0.05, 0.1) is 18.3 Å². The van der Waals surface area contributed by atoms with E-state index in [1.165, 1.54) is 0 Å². The maximum atomic E-state index is 12.4. The molecule has 0 unspecified atom stereocenters. The molecule has 1 aromatic heterocycles. The molecule has 7 nitrogen and oxygen atoms in total. The maximum absolute atomic E-state index is 12.4. The Hall–Kier alpha value is -1.57. The van der Waals surface area contributed by atoms with E-state index in [9.17, 15) is 9.59 Å². The minimum Gasteiger partial charge on any atom is -0.356 e. The smallest absolute Gasteiger partial charge is 0.246 e. The Kier molecular flexibility index (Phi) is 9.03.